The maximum absolute atomic E-state index is 11.0. The maximum atomic E-state index is 11.0. The predicted molar refractivity (Wildman–Crippen MR) is 68.2 cm³/mol. The zero-order valence-electron chi connectivity index (χ0n) is 9.82. The molecule has 1 heterocycles. The number of carboxylic acid groups (broad SMARTS) is 1. The smallest absolute Gasteiger partial charge is 0.354 e. The number of aromatic nitrogens is 1. The lowest BCUT2D eigenvalue weighted by Gasteiger charge is -2.08. The molecule has 0 aliphatic carbocycles. The monoisotopic (exact) mass is 260 g/mol. The Bertz CT molecular complexity index is 609. The first-order valence-electron chi connectivity index (χ1n) is 5.44. The molecule has 0 saturated carbocycles. The lowest BCUT2D eigenvalue weighted by Crippen LogP contribution is -2.07. The molecule has 6 heteroatoms. The summed E-state index contributed by atoms with van der Waals surface area (Å²) in [6, 6.07) is 9.55. The minimum Gasteiger partial charge on any atom is -0.477 e. The first-order chi connectivity index (χ1) is 8.97. The fraction of sp³-hybridized carbons (Fsp3) is 0.0769. The number of nitrogens with zero attached hydrogens (tertiary/aromatic N) is 1. The van der Waals surface area contributed by atoms with Crippen molar-refractivity contribution in [2.45, 2.75) is 6.29 Å². The van der Waals surface area contributed by atoms with E-state index in [1.54, 1.807) is 24.3 Å². The number of rotatable bonds is 3. The average molecular weight is 260 g/mol. The number of aliphatic hydroxyl groups excluding tert-OH is 1. The molecule has 6 nitrogen and oxygen atoms in total. The number of carboxylic acids is 1. The van der Waals surface area contributed by atoms with Crippen LogP contribution < -0.4 is 5.73 Å². The maximum Gasteiger partial charge on any atom is 0.354 e. The van der Waals surface area contributed by atoms with E-state index in [0.717, 1.165) is 0 Å². The van der Waals surface area contributed by atoms with Gasteiger partial charge in [0.15, 0.2) is 6.29 Å². The van der Waals surface area contributed by atoms with Crippen molar-refractivity contribution < 1.29 is 20.1 Å². The van der Waals surface area contributed by atoms with Crippen molar-refractivity contribution in [2.24, 2.45) is 0 Å². The molecule has 0 unspecified atom stereocenters. The highest BCUT2D eigenvalue weighted by atomic mass is 16.5. The Morgan fingerprint density at radius 1 is 1.11 bits per heavy atom. The van der Waals surface area contributed by atoms with E-state index in [1.807, 2.05) is 0 Å². The molecule has 19 heavy (non-hydrogen) atoms. The first-order valence-corrected chi connectivity index (χ1v) is 5.44. The Morgan fingerprint density at radius 3 is 2.26 bits per heavy atom. The van der Waals surface area contributed by atoms with Crippen LogP contribution in [0.3, 0.4) is 0 Å². The zero-order valence-corrected chi connectivity index (χ0v) is 9.82. The van der Waals surface area contributed by atoms with Crippen LogP contribution in [0.5, 0.6) is 0 Å². The molecule has 0 aliphatic rings. The van der Waals surface area contributed by atoms with E-state index in [9.17, 15) is 4.79 Å². The number of benzene rings is 1. The molecule has 1 aromatic carbocycles. The van der Waals surface area contributed by atoms with E-state index < -0.39 is 12.3 Å². The van der Waals surface area contributed by atoms with Crippen LogP contribution in [0.2, 0.25) is 0 Å². The lowest BCUT2D eigenvalue weighted by atomic mass is 10.0. The van der Waals surface area contributed by atoms with Gasteiger partial charge in [-0.2, -0.15) is 0 Å². The molecule has 2 rings (SSSR count). The number of pyridine rings is 1. The first kappa shape index (κ1) is 13.0. The van der Waals surface area contributed by atoms with Crippen molar-refractivity contribution in [3.05, 3.63) is 47.8 Å². The summed E-state index contributed by atoms with van der Waals surface area (Å²) < 4.78 is 0. The highest BCUT2D eigenvalue weighted by Gasteiger charge is 2.13. The van der Waals surface area contributed by atoms with E-state index in [4.69, 9.17) is 21.1 Å². The largest absolute Gasteiger partial charge is 0.477 e. The number of aliphatic hydroxyl groups is 2. The van der Waals surface area contributed by atoms with Crippen LogP contribution in [0, 0.1) is 0 Å². The van der Waals surface area contributed by atoms with E-state index >= 15 is 0 Å². The Morgan fingerprint density at radius 2 is 1.74 bits per heavy atom. The van der Waals surface area contributed by atoms with Crippen molar-refractivity contribution in [2.75, 3.05) is 5.73 Å². The van der Waals surface area contributed by atoms with Crippen LogP contribution >= 0.6 is 0 Å². The number of aromatic carboxylic acids is 1. The van der Waals surface area contributed by atoms with Crippen molar-refractivity contribution in [1.29, 1.82) is 0 Å². The number of nitrogen functional groups attached to an aromatic ring is 1. The van der Waals surface area contributed by atoms with Crippen LogP contribution in [-0.2, 0) is 0 Å². The van der Waals surface area contributed by atoms with E-state index in [1.165, 1.54) is 12.1 Å². The second kappa shape index (κ2) is 5.05. The Hall–Kier alpha value is -2.44. The summed E-state index contributed by atoms with van der Waals surface area (Å²) in [4.78, 5) is 14.6. The standard InChI is InChI=1S/C13H12N2O4/c14-9-3-1-7(2-4-9)8-5-10(12(16)17)15-11(6-8)13(18)19/h1-6,12,16-17H,14H2,(H,18,19). The third-order valence-electron chi connectivity index (χ3n) is 2.57. The van der Waals surface area contributed by atoms with Crippen molar-refractivity contribution in [1.82, 2.24) is 4.98 Å². The van der Waals surface area contributed by atoms with Crippen LogP contribution in [0.15, 0.2) is 36.4 Å². The second-order valence-corrected chi connectivity index (χ2v) is 3.97. The molecule has 0 atom stereocenters. The third-order valence-corrected chi connectivity index (χ3v) is 2.57. The van der Waals surface area contributed by atoms with Gasteiger partial charge in [-0.3, -0.25) is 0 Å². The van der Waals surface area contributed by atoms with Gasteiger partial charge in [0.05, 0.1) is 5.69 Å². The SMILES string of the molecule is Nc1ccc(-c2cc(C(=O)O)nc(C(O)O)c2)cc1. The summed E-state index contributed by atoms with van der Waals surface area (Å²) in [7, 11) is 0. The summed E-state index contributed by atoms with van der Waals surface area (Å²) in [6.45, 7) is 0. The summed E-state index contributed by atoms with van der Waals surface area (Å²) in [6.07, 6.45) is -1.83. The molecule has 0 amide bonds. The van der Waals surface area contributed by atoms with Crippen molar-refractivity contribution in [3.63, 3.8) is 0 Å². The number of nitrogens with two attached hydrogens (primary N) is 1. The minimum atomic E-state index is -1.83. The summed E-state index contributed by atoms with van der Waals surface area (Å²) in [5.41, 5.74) is 7.02. The van der Waals surface area contributed by atoms with E-state index in [0.29, 0.717) is 16.8 Å². The van der Waals surface area contributed by atoms with Crippen LogP contribution in [0.4, 0.5) is 5.69 Å². The Balaban J connectivity index is 2.55. The van der Waals surface area contributed by atoms with Gasteiger partial charge >= 0.3 is 5.97 Å². The molecule has 5 N–H and O–H groups in total. The molecule has 0 aliphatic heterocycles. The molecule has 0 fully saturated rings. The highest BCUT2D eigenvalue weighted by molar-refractivity contribution is 5.87. The molecule has 0 saturated heterocycles. The third kappa shape index (κ3) is 2.87. The molecular formula is C13H12N2O4. The van der Waals surface area contributed by atoms with Gasteiger partial charge in [0, 0.05) is 5.69 Å². The van der Waals surface area contributed by atoms with E-state index in [-0.39, 0.29) is 11.4 Å². The molecule has 2 aromatic rings. The van der Waals surface area contributed by atoms with Gasteiger partial charge in [-0.05, 0) is 35.4 Å². The second-order valence-electron chi connectivity index (χ2n) is 3.97. The highest BCUT2D eigenvalue weighted by Crippen LogP contribution is 2.23. The fourth-order valence-corrected chi connectivity index (χ4v) is 1.64. The van der Waals surface area contributed by atoms with Gasteiger partial charge < -0.3 is 21.1 Å². The summed E-state index contributed by atoms with van der Waals surface area (Å²) in [5, 5.41) is 27.2. The van der Waals surface area contributed by atoms with Crippen molar-refractivity contribution >= 4 is 11.7 Å². The summed E-state index contributed by atoms with van der Waals surface area (Å²) >= 11 is 0. The lowest BCUT2D eigenvalue weighted by molar-refractivity contribution is -0.0458. The number of anilines is 1. The zero-order chi connectivity index (χ0) is 14.0. The fourth-order valence-electron chi connectivity index (χ4n) is 1.64. The van der Waals surface area contributed by atoms with Crippen molar-refractivity contribution in [3.8, 4) is 11.1 Å². The molecule has 0 radical (unpaired) electrons. The molecule has 98 valence electrons. The number of hydrogen-bond donors (Lipinski definition) is 4. The molecule has 0 spiro atoms. The Labute approximate surface area is 108 Å². The Kier molecular flexibility index (Phi) is 3.46. The van der Waals surface area contributed by atoms with Crippen LogP contribution in [-0.4, -0.2) is 26.3 Å². The normalized spacial score (nSPS) is 10.7. The quantitative estimate of drug-likeness (QED) is 0.483. The van der Waals surface area contributed by atoms with E-state index in [2.05, 4.69) is 4.98 Å². The predicted octanol–water partition coefficient (Wildman–Crippen LogP) is 1.01. The number of carbonyl (C=O) groups is 1. The molecule has 1 aromatic heterocycles. The number of hydrogen-bond acceptors (Lipinski definition) is 5. The van der Waals surface area contributed by atoms with Gasteiger partial charge in [-0.15, -0.1) is 0 Å². The van der Waals surface area contributed by atoms with Gasteiger partial charge in [0.1, 0.15) is 5.69 Å². The van der Waals surface area contributed by atoms with Crippen LogP contribution in [0.1, 0.15) is 22.5 Å². The minimum absolute atomic E-state index is 0.119. The van der Waals surface area contributed by atoms with Crippen LogP contribution in [0.25, 0.3) is 11.1 Å². The van der Waals surface area contributed by atoms with Gasteiger partial charge in [-0.25, -0.2) is 9.78 Å². The topological polar surface area (TPSA) is 117 Å². The van der Waals surface area contributed by atoms with Gasteiger partial charge in [-0.1, -0.05) is 12.1 Å². The average Bonchev–Trinajstić information content (AvgIpc) is 2.39. The van der Waals surface area contributed by atoms with Gasteiger partial charge in [0.25, 0.3) is 0 Å². The summed E-state index contributed by atoms with van der Waals surface area (Å²) in [5.74, 6) is -1.24. The van der Waals surface area contributed by atoms with Gasteiger partial charge in [0.2, 0.25) is 0 Å². The molecular weight excluding hydrogens is 248 g/mol. The molecule has 0 bridgehead atoms.